The van der Waals surface area contributed by atoms with Crippen LogP contribution in [0.4, 0.5) is 0 Å². The second kappa shape index (κ2) is 6.67. The minimum atomic E-state index is -0.0642. The highest BCUT2D eigenvalue weighted by Crippen LogP contribution is 2.31. The summed E-state index contributed by atoms with van der Waals surface area (Å²) in [4.78, 5) is 23.2. The molecule has 0 aliphatic carbocycles. The Morgan fingerprint density at radius 2 is 2.14 bits per heavy atom. The molecule has 3 heterocycles. The third kappa shape index (κ3) is 2.87. The van der Waals surface area contributed by atoms with Crippen LogP contribution in [0.2, 0.25) is 5.02 Å². The van der Waals surface area contributed by atoms with Gasteiger partial charge in [-0.2, -0.15) is 0 Å². The highest BCUT2D eigenvalue weighted by molar-refractivity contribution is 6.31. The molecule has 0 saturated carbocycles. The minimum Gasteiger partial charge on any atom is -0.451 e. The van der Waals surface area contributed by atoms with Gasteiger partial charge >= 0.3 is 0 Å². The number of halogens is 1. The number of fused-ring (bicyclic) bond motifs is 2. The Bertz CT molecular complexity index is 1160. The maximum atomic E-state index is 13.2. The monoisotopic (exact) mass is 393 g/mol. The molecule has 0 spiro atoms. The number of nitrogens with one attached hydrogen (secondary N) is 1. The lowest BCUT2D eigenvalue weighted by Gasteiger charge is -2.31. The standard InChI is InChI=1S/C22H20ClN3O2/c1-13-16-11-15(23)8-9-19(16)28-20(13)22(27)26-10-4-5-14(12-26)21-24-17-6-2-3-7-18(17)25-21/h2-3,6-9,11,14H,4-5,10,12H2,1H3,(H,24,25). The van der Waals surface area contributed by atoms with Crippen LogP contribution in [-0.2, 0) is 0 Å². The molecule has 1 amide bonds. The number of rotatable bonds is 2. The molecule has 1 saturated heterocycles. The molecular weight excluding hydrogens is 374 g/mol. The summed E-state index contributed by atoms with van der Waals surface area (Å²) in [6, 6.07) is 13.5. The summed E-state index contributed by atoms with van der Waals surface area (Å²) >= 11 is 6.10. The molecule has 0 radical (unpaired) electrons. The zero-order chi connectivity index (χ0) is 19.3. The van der Waals surface area contributed by atoms with Gasteiger partial charge in [-0.1, -0.05) is 23.7 Å². The number of H-pyrrole nitrogens is 1. The van der Waals surface area contributed by atoms with Gasteiger partial charge in [0, 0.05) is 35.0 Å². The number of para-hydroxylation sites is 2. The smallest absolute Gasteiger partial charge is 0.289 e. The Labute approximate surface area is 167 Å². The van der Waals surface area contributed by atoms with Gasteiger partial charge in [-0.25, -0.2) is 4.98 Å². The number of piperidine rings is 1. The van der Waals surface area contributed by atoms with E-state index in [-0.39, 0.29) is 11.8 Å². The van der Waals surface area contributed by atoms with Crippen LogP contribution in [0.1, 0.15) is 40.7 Å². The van der Waals surface area contributed by atoms with Crippen LogP contribution < -0.4 is 0 Å². The second-order valence-electron chi connectivity index (χ2n) is 7.43. The number of likely N-dealkylation sites (tertiary alicyclic amines) is 1. The van der Waals surface area contributed by atoms with Gasteiger partial charge in [-0.3, -0.25) is 4.79 Å². The van der Waals surface area contributed by atoms with Crippen molar-refractivity contribution in [3.63, 3.8) is 0 Å². The topological polar surface area (TPSA) is 62.1 Å². The third-order valence-corrected chi connectivity index (χ3v) is 5.83. The highest BCUT2D eigenvalue weighted by atomic mass is 35.5. The van der Waals surface area contributed by atoms with Crippen molar-refractivity contribution in [2.24, 2.45) is 0 Å². The van der Waals surface area contributed by atoms with Crippen molar-refractivity contribution >= 4 is 39.5 Å². The average Bonchev–Trinajstić information content (AvgIpc) is 3.29. The second-order valence-corrected chi connectivity index (χ2v) is 7.86. The Hall–Kier alpha value is -2.79. The lowest BCUT2D eigenvalue weighted by Crippen LogP contribution is -2.39. The van der Waals surface area contributed by atoms with Crippen molar-refractivity contribution in [3.8, 4) is 0 Å². The number of furan rings is 1. The molecule has 1 aliphatic rings. The number of imidazole rings is 1. The summed E-state index contributed by atoms with van der Waals surface area (Å²) in [5.74, 6) is 1.49. The summed E-state index contributed by atoms with van der Waals surface area (Å²) in [6.45, 7) is 3.28. The van der Waals surface area contributed by atoms with Crippen LogP contribution in [0, 0.1) is 6.92 Å². The molecule has 4 aromatic rings. The summed E-state index contributed by atoms with van der Waals surface area (Å²) in [6.07, 6.45) is 1.96. The zero-order valence-corrected chi connectivity index (χ0v) is 16.3. The number of aromatic amines is 1. The summed E-state index contributed by atoms with van der Waals surface area (Å²) in [5, 5.41) is 1.53. The predicted octanol–water partition coefficient (Wildman–Crippen LogP) is 5.29. The van der Waals surface area contributed by atoms with E-state index in [1.807, 2.05) is 48.2 Å². The van der Waals surface area contributed by atoms with E-state index in [1.54, 1.807) is 6.07 Å². The Kier molecular flexibility index (Phi) is 4.13. The van der Waals surface area contributed by atoms with Crippen LogP contribution >= 0.6 is 11.6 Å². The van der Waals surface area contributed by atoms with E-state index in [0.717, 1.165) is 47.2 Å². The lowest BCUT2D eigenvalue weighted by molar-refractivity contribution is 0.0674. The molecule has 0 bridgehead atoms. The molecule has 142 valence electrons. The largest absolute Gasteiger partial charge is 0.451 e. The number of benzene rings is 2. The van der Waals surface area contributed by atoms with Gasteiger partial charge in [0.1, 0.15) is 11.4 Å². The molecule has 1 atom stereocenters. The van der Waals surface area contributed by atoms with E-state index in [0.29, 0.717) is 22.9 Å². The van der Waals surface area contributed by atoms with Crippen LogP contribution in [0.25, 0.3) is 22.0 Å². The maximum Gasteiger partial charge on any atom is 0.289 e. The molecule has 5 nitrogen and oxygen atoms in total. The fraction of sp³-hybridized carbons (Fsp3) is 0.273. The van der Waals surface area contributed by atoms with Crippen molar-refractivity contribution in [3.05, 3.63) is 64.6 Å². The van der Waals surface area contributed by atoms with Crippen LogP contribution in [0.5, 0.6) is 0 Å². The molecule has 5 rings (SSSR count). The molecule has 2 aromatic carbocycles. The van der Waals surface area contributed by atoms with Gasteiger partial charge in [-0.15, -0.1) is 0 Å². The van der Waals surface area contributed by atoms with Gasteiger partial charge in [0.2, 0.25) is 0 Å². The molecule has 1 unspecified atom stereocenters. The van der Waals surface area contributed by atoms with Crippen molar-refractivity contribution in [1.29, 1.82) is 0 Å². The lowest BCUT2D eigenvalue weighted by atomic mass is 9.97. The first kappa shape index (κ1) is 17.3. The van der Waals surface area contributed by atoms with Gasteiger partial charge in [0.25, 0.3) is 5.91 Å². The molecule has 1 fully saturated rings. The van der Waals surface area contributed by atoms with Crippen LogP contribution in [0.15, 0.2) is 46.9 Å². The Morgan fingerprint density at radius 3 is 3.00 bits per heavy atom. The van der Waals surface area contributed by atoms with E-state index >= 15 is 0 Å². The summed E-state index contributed by atoms with van der Waals surface area (Å²) < 4.78 is 5.88. The number of carbonyl (C=O) groups excluding carboxylic acids is 1. The number of amides is 1. The predicted molar refractivity (Wildman–Crippen MR) is 110 cm³/mol. The molecule has 2 aromatic heterocycles. The Morgan fingerprint density at radius 1 is 1.29 bits per heavy atom. The van der Waals surface area contributed by atoms with Gasteiger partial charge in [-0.05, 0) is 50.1 Å². The van der Waals surface area contributed by atoms with Crippen molar-refractivity contribution < 1.29 is 9.21 Å². The first-order chi connectivity index (χ1) is 13.6. The number of carbonyl (C=O) groups is 1. The molecule has 6 heteroatoms. The Balaban J connectivity index is 1.43. The van der Waals surface area contributed by atoms with Crippen molar-refractivity contribution in [2.45, 2.75) is 25.7 Å². The SMILES string of the molecule is Cc1c(C(=O)N2CCCC(c3nc4ccccc4[nH]3)C2)oc2ccc(Cl)cc12. The molecule has 1 N–H and O–H groups in total. The minimum absolute atomic E-state index is 0.0642. The number of hydrogen-bond acceptors (Lipinski definition) is 3. The van der Waals surface area contributed by atoms with E-state index < -0.39 is 0 Å². The molecular formula is C22H20ClN3O2. The first-order valence-corrected chi connectivity index (χ1v) is 9.90. The summed E-state index contributed by atoms with van der Waals surface area (Å²) in [7, 11) is 0. The van der Waals surface area contributed by atoms with Gasteiger partial charge in [0.15, 0.2) is 5.76 Å². The summed E-state index contributed by atoms with van der Waals surface area (Å²) in [5.41, 5.74) is 3.53. The highest BCUT2D eigenvalue weighted by Gasteiger charge is 2.30. The molecule has 28 heavy (non-hydrogen) atoms. The normalized spacial score (nSPS) is 17.5. The number of hydrogen-bond donors (Lipinski definition) is 1. The maximum absolute atomic E-state index is 13.2. The average molecular weight is 394 g/mol. The van der Waals surface area contributed by atoms with Gasteiger partial charge < -0.3 is 14.3 Å². The number of nitrogens with zero attached hydrogens (tertiary/aromatic N) is 2. The third-order valence-electron chi connectivity index (χ3n) is 5.60. The van der Waals surface area contributed by atoms with E-state index in [1.165, 1.54) is 0 Å². The van der Waals surface area contributed by atoms with E-state index in [9.17, 15) is 4.79 Å². The fourth-order valence-electron chi connectivity index (χ4n) is 4.09. The van der Waals surface area contributed by atoms with Crippen molar-refractivity contribution in [2.75, 3.05) is 13.1 Å². The van der Waals surface area contributed by atoms with Crippen molar-refractivity contribution in [1.82, 2.24) is 14.9 Å². The molecule has 1 aliphatic heterocycles. The first-order valence-electron chi connectivity index (χ1n) is 9.53. The quantitative estimate of drug-likeness (QED) is 0.503. The van der Waals surface area contributed by atoms with Crippen LogP contribution in [-0.4, -0.2) is 33.9 Å². The number of aromatic nitrogens is 2. The number of aryl methyl sites for hydroxylation is 1. The van der Waals surface area contributed by atoms with Crippen LogP contribution in [0.3, 0.4) is 0 Å². The van der Waals surface area contributed by atoms with Gasteiger partial charge in [0.05, 0.1) is 11.0 Å². The van der Waals surface area contributed by atoms with E-state index in [4.69, 9.17) is 21.0 Å². The van der Waals surface area contributed by atoms with E-state index in [2.05, 4.69) is 4.98 Å². The fourth-order valence-corrected chi connectivity index (χ4v) is 4.26. The zero-order valence-electron chi connectivity index (χ0n) is 15.5.